The Kier molecular flexibility index (Phi) is 1.81. The minimum atomic E-state index is 0.900. The molecule has 4 rings (SSSR count). The molecule has 0 aromatic carbocycles. The largest absolute Gasteiger partial charge is 0.316 e. The van der Waals surface area contributed by atoms with Crippen molar-refractivity contribution >= 4 is 0 Å². The Morgan fingerprint density at radius 3 is 2.13 bits per heavy atom. The first kappa shape index (κ1) is 9.04. The van der Waals surface area contributed by atoms with Crippen LogP contribution >= 0.6 is 0 Å². The number of fused-ring (bicyclic) bond motifs is 5. The van der Waals surface area contributed by atoms with Gasteiger partial charge in [0.25, 0.3) is 0 Å². The fourth-order valence-corrected chi connectivity index (χ4v) is 5.41. The van der Waals surface area contributed by atoms with Crippen LogP contribution in [0.4, 0.5) is 0 Å². The number of hydrogen-bond acceptors (Lipinski definition) is 1. The minimum Gasteiger partial charge on any atom is -0.316 e. The fourth-order valence-electron chi connectivity index (χ4n) is 5.41. The summed E-state index contributed by atoms with van der Waals surface area (Å²) in [6.07, 6.45) is 9.27. The molecule has 0 radical (unpaired) electrons. The number of nitrogens with one attached hydrogen (secondary N) is 1. The lowest BCUT2D eigenvalue weighted by molar-refractivity contribution is 0.196. The second-order valence-corrected chi connectivity index (χ2v) is 6.57. The lowest BCUT2D eigenvalue weighted by Crippen LogP contribution is -2.40. The predicted molar refractivity (Wildman–Crippen MR) is 61.5 cm³/mol. The Morgan fingerprint density at radius 1 is 1.00 bits per heavy atom. The van der Waals surface area contributed by atoms with E-state index in [-0.39, 0.29) is 0 Å². The van der Waals surface area contributed by atoms with E-state index in [2.05, 4.69) is 12.4 Å². The Hall–Kier alpha value is -0.0400. The average molecular weight is 205 g/mol. The monoisotopic (exact) mass is 205 g/mol. The standard InChI is InChI=1S/C14H23N/c1-15-14(8-3-2-4-8)13-11-9-5-6-10(7-9)12(11)13/h8-15H,2-7H2,1H3. The van der Waals surface area contributed by atoms with Crippen molar-refractivity contribution < 1.29 is 0 Å². The van der Waals surface area contributed by atoms with E-state index in [1.807, 2.05) is 0 Å². The zero-order chi connectivity index (χ0) is 9.99. The SMILES string of the molecule is CNC(C1CCC1)C1C2C3CCC(C3)C21. The van der Waals surface area contributed by atoms with Crippen LogP contribution in [-0.4, -0.2) is 13.1 Å². The summed E-state index contributed by atoms with van der Waals surface area (Å²) in [6, 6.07) is 0.900. The van der Waals surface area contributed by atoms with Gasteiger partial charge in [-0.3, -0.25) is 0 Å². The van der Waals surface area contributed by atoms with Gasteiger partial charge >= 0.3 is 0 Å². The molecule has 4 aliphatic rings. The Bertz CT molecular complexity index is 255. The minimum absolute atomic E-state index is 0.900. The van der Waals surface area contributed by atoms with Crippen LogP contribution in [0.3, 0.4) is 0 Å². The first-order chi connectivity index (χ1) is 7.40. The molecule has 1 nitrogen and oxygen atoms in total. The van der Waals surface area contributed by atoms with Crippen molar-refractivity contribution in [3.8, 4) is 0 Å². The third-order valence-corrected chi connectivity index (χ3v) is 6.20. The third-order valence-electron chi connectivity index (χ3n) is 6.20. The summed E-state index contributed by atoms with van der Waals surface area (Å²) in [4.78, 5) is 0. The van der Waals surface area contributed by atoms with Gasteiger partial charge in [-0.05, 0) is 74.7 Å². The molecule has 4 fully saturated rings. The molecule has 0 aromatic heterocycles. The highest BCUT2D eigenvalue weighted by Gasteiger charge is 2.67. The molecule has 84 valence electrons. The van der Waals surface area contributed by atoms with Gasteiger partial charge < -0.3 is 5.32 Å². The van der Waals surface area contributed by atoms with Crippen molar-refractivity contribution in [1.29, 1.82) is 0 Å². The zero-order valence-corrected chi connectivity index (χ0v) is 9.78. The summed E-state index contributed by atoms with van der Waals surface area (Å²) in [6.45, 7) is 0. The summed E-state index contributed by atoms with van der Waals surface area (Å²) in [5.41, 5.74) is 0. The highest BCUT2D eigenvalue weighted by atomic mass is 14.9. The van der Waals surface area contributed by atoms with Crippen LogP contribution < -0.4 is 5.32 Å². The summed E-state index contributed by atoms with van der Waals surface area (Å²) in [7, 11) is 2.21. The van der Waals surface area contributed by atoms with Gasteiger partial charge in [0, 0.05) is 6.04 Å². The molecule has 5 atom stereocenters. The van der Waals surface area contributed by atoms with Gasteiger partial charge in [-0.2, -0.15) is 0 Å². The maximum atomic E-state index is 3.66. The van der Waals surface area contributed by atoms with Crippen molar-refractivity contribution in [3.05, 3.63) is 0 Å². The second kappa shape index (κ2) is 3.00. The van der Waals surface area contributed by atoms with E-state index in [9.17, 15) is 0 Å². The van der Waals surface area contributed by atoms with E-state index in [1.54, 1.807) is 19.3 Å². The molecule has 5 unspecified atom stereocenters. The van der Waals surface area contributed by atoms with E-state index in [0.717, 1.165) is 29.7 Å². The van der Waals surface area contributed by atoms with Crippen molar-refractivity contribution in [2.24, 2.45) is 35.5 Å². The van der Waals surface area contributed by atoms with Crippen molar-refractivity contribution in [1.82, 2.24) is 5.32 Å². The van der Waals surface area contributed by atoms with Gasteiger partial charge in [0.2, 0.25) is 0 Å². The molecule has 0 aliphatic heterocycles. The predicted octanol–water partition coefficient (Wildman–Crippen LogP) is 2.67. The highest BCUT2D eigenvalue weighted by Crippen LogP contribution is 2.71. The van der Waals surface area contributed by atoms with Crippen LogP contribution in [0.25, 0.3) is 0 Å². The van der Waals surface area contributed by atoms with Crippen LogP contribution in [-0.2, 0) is 0 Å². The Labute approximate surface area is 93.0 Å². The first-order valence-corrected chi connectivity index (χ1v) is 7.07. The van der Waals surface area contributed by atoms with Gasteiger partial charge in [0.05, 0.1) is 0 Å². The maximum absolute atomic E-state index is 3.66. The summed E-state index contributed by atoms with van der Waals surface area (Å²) < 4.78 is 0. The fraction of sp³-hybridized carbons (Fsp3) is 1.00. The molecule has 0 amide bonds. The number of rotatable bonds is 3. The molecule has 4 aliphatic carbocycles. The van der Waals surface area contributed by atoms with E-state index in [1.165, 1.54) is 31.1 Å². The molecule has 0 heterocycles. The summed E-state index contributed by atoms with van der Waals surface area (Å²) >= 11 is 0. The van der Waals surface area contributed by atoms with Crippen molar-refractivity contribution in [2.75, 3.05) is 7.05 Å². The van der Waals surface area contributed by atoms with Crippen LogP contribution in [0, 0.1) is 35.5 Å². The molecular formula is C14H23N. The smallest absolute Gasteiger partial charge is 0.0126 e. The summed E-state index contributed by atoms with van der Waals surface area (Å²) in [5, 5.41) is 3.66. The second-order valence-electron chi connectivity index (χ2n) is 6.57. The van der Waals surface area contributed by atoms with E-state index in [0.29, 0.717) is 0 Å². The van der Waals surface area contributed by atoms with E-state index in [4.69, 9.17) is 0 Å². The van der Waals surface area contributed by atoms with Crippen molar-refractivity contribution in [3.63, 3.8) is 0 Å². The van der Waals surface area contributed by atoms with Gasteiger partial charge in [0.15, 0.2) is 0 Å². The molecule has 1 N–H and O–H groups in total. The van der Waals surface area contributed by atoms with Gasteiger partial charge in [-0.25, -0.2) is 0 Å². The van der Waals surface area contributed by atoms with Crippen LogP contribution in [0.1, 0.15) is 38.5 Å². The molecular weight excluding hydrogens is 182 g/mol. The lowest BCUT2D eigenvalue weighted by Gasteiger charge is -2.35. The quantitative estimate of drug-likeness (QED) is 0.747. The maximum Gasteiger partial charge on any atom is 0.0126 e. The van der Waals surface area contributed by atoms with Crippen molar-refractivity contribution in [2.45, 2.75) is 44.6 Å². The van der Waals surface area contributed by atoms with Crippen LogP contribution in [0.5, 0.6) is 0 Å². The lowest BCUT2D eigenvalue weighted by atomic mass is 9.76. The Morgan fingerprint density at radius 2 is 1.67 bits per heavy atom. The molecule has 1 heteroatoms. The zero-order valence-electron chi connectivity index (χ0n) is 9.78. The summed E-state index contributed by atoms with van der Waals surface area (Å²) in [5.74, 6) is 6.79. The normalized spacial score (nSPS) is 53.8. The third kappa shape index (κ3) is 1.08. The molecule has 0 aromatic rings. The molecule has 2 bridgehead atoms. The molecule has 4 saturated carbocycles. The molecule has 0 saturated heterocycles. The van der Waals surface area contributed by atoms with Crippen LogP contribution in [0.15, 0.2) is 0 Å². The van der Waals surface area contributed by atoms with Crippen LogP contribution in [0.2, 0.25) is 0 Å². The first-order valence-electron chi connectivity index (χ1n) is 7.07. The topological polar surface area (TPSA) is 12.0 Å². The highest BCUT2D eigenvalue weighted by molar-refractivity contribution is 5.16. The molecule has 0 spiro atoms. The van der Waals surface area contributed by atoms with Gasteiger partial charge in [-0.1, -0.05) is 6.42 Å². The van der Waals surface area contributed by atoms with Gasteiger partial charge in [-0.15, -0.1) is 0 Å². The molecule has 15 heavy (non-hydrogen) atoms. The van der Waals surface area contributed by atoms with Gasteiger partial charge in [0.1, 0.15) is 0 Å². The van der Waals surface area contributed by atoms with E-state index >= 15 is 0 Å². The number of hydrogen-bond donors (Lipinski definition) is 1. The Balaban J connectivity index is 1.50. The average Bonchev–Trinajstić information content (AvgIpc) is 2.62. The van der Waals surface area contributed by atoms with E-state index < -0.39 is 0 Å².